The first-order chi connectivity index (χ1) is 15.9. The molecule has 0 radical (unpaired) electrons. The van der Waals surface area contributed by atoms with E-state index in [-0.39, 0.29) is 12.7 Å². The van der Waals surface area contributed by atoms with Crippen LogP contribution in [0.3, 0.4) is 0 Å². The van der Waals surface area contributed by atoms with Gasteiger partial charge < -0.3 is 19.3 Å². The van der Waals surface area contributed by atoms with Gasteiger partial charge in [-0.2, -0.15) is 0 Å². The van der Waals surface area contributed by atoms with Crippen LogP contribution in [0, 0.1) is 6.92 Å². The zero-order valence-corrected chi connectivity index (χ0v) is 20.0. The number of carboxylic acid groups (broad SMARTS) is 1. The minimum Gasteiger partial charge on any atom is -0.497 e. The largest absolute Gasteiger partial charge is 0.497 e. The quantitative estimate of drug-likeness (QED) is 0.401. The SMILES string of the molecule is CCCC.COc1ccc(-c2cccc(C(C)Oc3ccc(OCC(=O)O)c(C)c3)n2)cc1. The van der Waals surface area contributed by atoms with E-state index in [1.54, 1.807) is 19.2 Å². The van der Waals surface area contributed by atoms with Crippen LogP contribution in [0.15, 0.2) is 60.7 Å². The average Bonchev–Trinajstić information content (AvgIpc) is 2.83. The Morgan fingerprint density at radius 2 is 1.67 bits per heavy atom. The molecule has 1 heterocycles. The lowest BCUT2D eigenvalue weighted by molar-refractivity contribution is -0.139. The number of unbranched alkanes of at least 4 members (excludes halogenated alkanes) is 1. The van der Waals surface area contributed by atoms with Gasteiger partial charge in [-0.15, -0.1) is 0 Å². The van der Waals surface area contributed by atoms with Crippen LogP contribution in [0.1, 0.15) is 51.0 Å². The van der Waals surface area contributed by atoms with Crippen molar-refractivity contribution in [1.29, 1.82) is 0 Å². The number of ether oxygens (including phenoxy) is 3. The van der Waals surface area contributed by atoms with Gasteiger partial charge in [0.15, 0.2) is 6.61 Å². The molecule has 0 fully saturated rings. The van der Waals surface area contributed by atoms with Crippen molar-refractivity contribution in [2.75, 3.05) is 13.7 Å². The molecule has 0 amide bonds. The number of methoxy groups -OCH3 is 1. The number of aliphatic carboxylic acids is 1. The highest BCUT2D eigenvalue weighted by Crippen LogP contribution is 2.28. The van der Waals surface area contributed by atoms with E-state index in [9.17, 15) is 4.79 Å². The Morgan fingerprint density at radius 1 is 1.00 bits per heavy atom. The van der Waals surface area contributed by atoms with Crippen molar-refractivity contribution in [2.45, 2.75) is 46.6 Å². The minimum absolute atomic E-state index is 0.265. The zero-order valence-electron chi connectivity index (χ0n) is 20.0. The van der Waals surface area contributed by atoms with Crippen LogP contribution >= 0.6 is 0 Å². The topological polar surface area (TPSA) is 77.9 Å². The monoisotopic (exact) mass is 451 g/mol. The van der Waals surface area contributed by atoms with Crippen molar-refractivity contribution < 1.29 is 24.1 Å². The molecule has 1 unspecified atom stereocenters. The maximum absolute atomic E-state index is 10.7. The molecule has 0 saturated heterocycles. The number of hydrogen-bond acceptors (Lipinski definition) is 5. The number of benzene rings is 2. The standard InChI is InChI=1S/C23H23NO5.C4H10/c1-15-13-19(11-12-22(15)28-14-23(25)26)29-16(2)20-5-4-6-21(24-20)17-7-9-18(27-3)10-8-17;1-3-4-2/h4-13,16H,14H2,1-3H3,(H,25,26);3-4H2,1-2H3. The normalized spacial score (nSPS) is 11.1. The average molecular weight is 452 g/mol. The Hall–Kier alpha value is -3.54. The summed E-state index contributed by atoms with van der Waals surface area (Å²) >= 11 is 0. The summed E-state index contributed by atoms with van der Waals surface area (Å²) in [5.41, 5.74) is 3.46. The molecule has 1 aromatic heterocycles. The predicted molar refractivity (Wildman–Crippen MR) is 130 cm³/mol. The summed E-state index contributed by atoms with van der Waals surface area (Å²) < 4.78 is 16.5. The Labute approximate surface area is 196 Å². The van der Waals surface area contributed by atoms with Gasteiger partial charge in [-0.3, -0.25) is 0 Å². The van der Waals surface area contributed by atoms with Crippen molar-refractivity contribution in [3.63, 3.8) is 0 Å². The molecule has 0 aliphatic heterocycles. The third-order valence-electron chi connectivity index (χ3n) is 4.88. The highest BCUT2D eigenvalue weighted by atomic mass is 16.5. The second-order valence-electron chi connectivity index (χ2n) is 7.55. The summed E-state index contributed by atoms with van der Waals surface area (Å²) in [5.74, 6) is 0.968. The maximum Gasteiger partial charge on any atom is 0.341 e. The Morgan fingerprint density at radius 3 is 2.24 bits per heavy atom. The zero-order chi connectivity index (χ0) is 24.2. The minimum atomic E-state index is -1.01. The van der Waals surface area contributed by atoms with Gasteiger partial charge in [-0.1, -0.05) is 32.8 Å². The third kappa shape index (κ3) is 8.15. The highest BCUT2D eigenvalue weighted by Gasteiger charge is 2.12. The number of rotatable bonds is 9. The molecule has 1 atom stereocenters. The molecule has 6 heteroatoms. The van der Waals surface area contributed by atoms with Crippen molar-refractivity contribution in [1.82, 2.24) is 4.98 Å². The smallest absolute Gasteiger partial charge is 0.341 e. The van der Waals surface area contributed by atoms with Gasteiger partial charge in [0.2, 0.25) is 0 Å². The molecule has 0 saturated carbocycles. The van der Waals surface area contributed by atoms with E-state index in [0.717, 1.165) is 28.3 Å². The number of aryl methyl sites for hydroxylation is 1. The molecular formula is C27H33NO5. The summed E-state index contributed by atoms with van der Waals surface area (Å²) in [7, 11) is 1.64. The van der Waals surface area contributed by atoms with Crippen LogP contribution in [0.5, 0.6) is 17.2 Å². The molecule has 0 aliphatic carbocycles. The summed E-state index contributed by atoms with van der Waals surface area (Å²) in [4.78, 5) is 15.4. The number of pyridine rings is 1. The van der Waals surface area contributed by atoms with E-state index >= 15 is 0 Å². The number of hydrogen-bond donors (Lipinski definition) is 1. The predicted octanol–water partition coefficient (Wildman–Crippen LogP) is 6.48. The molecule has 6 nitrogen and oxygen atoms in total. The lowest BCUT2D eigenvalue weighted by Gasteiger charge is -2.16. The second kappa shape index (κ2) is 13.1. The van der Waals surface area contributed by atoms with Crippen LogP contribution in [0.4, 0.5) is 0 Å². The first-order valence-corrected chi connectivity index (χ1v) is 11.1. The van der Waals surface area contributed by atoms with Gasteiger partial charge >= 0.3 is 5.97 Å². The number of carbonyl (C=O) groups is 1. The molecule has 3 aromatic rings. The van der Waals surface area contributed by atoms with E-state index < -0.39 is 5.97 Å². The molecule has 2 aromatic carbocycles. The van der Waals surface area contributed by atoms with Crippen molar-refractivity contribution in [3.05, 3.63) is 71.9 Å². The Kier molecular flexibility index (Phi) is 10.2. The molecule has 33 heavy (non-hydrogen) atoms. The molecule has 0 bridgehead atoms. The first kappa shape index (κ1) is 25.7. The Balaban J connectivity index is 0.000000890. The van der Waals surface area contributed by atoms with E-state index in [0.29, 0.717) is 11.5 Å². The summed E-state index contributed by atoms with van der Waals surface area (Å²) in [6.07, 6.45) is 2.37. The second-order valence-corrected chi connectivity index (χ2v) is 7.55. The van der Waals surface area contributed by atoms with E-state index in [2.05, 4.69) is 13.8 Å². The van der Waals surface area contributed by atoms with Gasteiger partial charge in [-0.25, -0.2) is 9.78 Å². The summed E-state index contributed by atoms with van der Waals surface area (Å²) in [6.45, 7) is 7.76. The van der Waals surface area contributed by atoms with Crippen molar-refractivity contribution in [2.24, 2.45) is 0 Å². The van der Waals surface area contributed by atoms with Crippen molar-refractivity contribution >= 4 is 5.97 Å². The number of carboxylic acids is 1. The van der Waals surface area contributed by atoms with Gasteiger partial charge in [0.05, 0.1) is 18.5 Å². The van der Waals surface area contributed by atoms with Gasteiger partial charge in [0.1, 0.15) is 23.4 Å². The van der Waals surface area contributed by atoms with Gasteiger partial charge in [0, 0.05) is 5.56 Å². The highest BCUT2D eigenvalue weighted by molar-refractivity contribution is 5.68. The molecule has 0 spiro atoms. The molecule has 1 N–H and O–H groups in total. The van der Waals surface area contributed by atoms with Crippen LogP contribution in [0.2, 0.25) is 0 Å². The van der Waals surface area contributed by atoms with Crippen LogP contribution in [-0.2, 0) is 4.79 Å². The number of nitrogens with zero attached hydrogens (tertiary/aromatic N) is 1. The first-order valence-electron chi connectivity index (χ1n) is 11.1. The van der Waals surface area contributed by atoms with Crippen LogP contribution < -0.4 is 14.2 Å². The summed E-state index contributed by atoms with van der Waals surface area (Å²) in [6, 6.07) is 18.9. The lowest BCUT2D eigenvalue weighted by Crippen LogP contribution is -2.10. The molecule has 3 rings (SSSR count). The fourth-order valence-corrected chi connectivity index (χ4v) is 2.86. The van der Waals surface area contributed by atoms with E-state index in [4.69, 9.17) is 24.3 Å². The molecule has 176 valence electrons. The summed E-state index contributed by atoms with van der Waals surface area (Å²) in [5, 5.41) is 8.73. The molecular weight excluding hydrogens is 418 g/mol. The third-order valence-corrected chi connectivity index (χ3v) is 4.88. The molecule has 0 aliphatic rings. The lowest BCUT2D eigenvalue weighted by atomic mass is 10.1. The Bertz CT molecular complexity index is 1020. The maximum atomic E-state index is 10.7. The fourth-order valence-electron chi connectivity index (χ4n) is 2.86. The van der Waals surface area contributed by atoms with Gasteiger partial charge in [0.25, 0.3) is 0 Å². The van der Waals surface area contributed by atoms with Crippen molar-refractivity contribution in [3.8, 4) is 28.5 Å². The van der Waals surface area contributed by atoms with E-state index in [1.165, 1.54) is 12.8 Å². The fraction of sp³-hybridized carbons (Fsp3) is 0.333. The van der Waals surface area contributed by atoms with Crippen LogP contribution in [-0.4, -0.2) is 29.8 Å². The van der Waals surface area contributed by atoms with E-state index in [1.807, 2.05) is 62.4 Å². The van der Waals surface area contributed by atoms with Gasteiger partial charge in [-0.05, 0) is 74.0 Å². The number of aromatic nitrogens is 1. The van der Waals surface area contributed by atoms with Crippen LogP contribution in [0.25, 0.3) is 11.3 Å².